The number of carboxylic acids is 1. The molecule has 0 radical (unpaired) electrons. The molecule has 0 saturated heterocycles. The molecule has 0 aliphatic rings. The molecular formula is C35H58N2O7S. The van der Waals surface area contributed by atoms with E-state index in [-0.39, 0.29) is 6.42 Å². The number of amides is 2. The molecule has 0 saturated carbocycles. The second kappa shape index (κ2) is 24.6. The minimum absolute atomic E-state index is 0.171. The van der Waals surface area contributed by atoms with Crippen LogP contribution < -0.4 is 15.4 Å². The summed E-state index contributed by atoms with van der Waals surface area (Å²) >= 11 is 2.02. The fraction of sp³-hybridized carbons (Fsp3) is 0.686. The third-order valence-electron chi connectivity index (χ3n) is 7.67. The zero-order valence-corrected chi connectivity index (χ0v) is 28.8. The average molecular weight is 651 g/mol. The van der Waals surface area contributed by atoms with E-state index in [4.69, 9.17) is 9.47 Å². The molecule has 1 aromatic rings. The second-order valence-electron chi connectivity index (χ2n) is 11.5. The number of thioether (sulfide) groups is 1. The summed E-state index contributed by atoms with van der Waals surface area (Å²) in [7, 11) is 2.73. The van der Waals surface area contributed by atoms with Crippen LogP contribution in [0.4, 0.5) is 0 Å². The smallest absolute Gasteiger partial charge is 0.339 e. The van der Waals surface area contributed by atoms with Crippen LogP contribution in [0, 0.1) is 5.92 Å². The molecule has 0 spiro atoms. The Labute approximate surface area is 275 Å². The first-order chi connectivity index (χ1) is 21.7. The normalized spacial score (nSPS) is 14.1. The van der Waals surface area contributed by atoms with Crippen LogP contribution in [0.15, 0.2) is 36.4 Å². The predicted molar refractivity (Wildman–Crippen MR) is 183 cm³/mol. The average Bonchev–Trinajstić information content (AvgIpc) is 3.03. The summed E-state index contributed by atoms with van der Waals surface area (Å²) in [6.07, 6.45) is 16.7. The van der Waals surface area contributed by atoms with Gasteiger partial charge in [-0.1, -0.05) is 83.1 Å². The van der Waals surface area contributed by atoms with E-state index in [1.54, 1.807) is 6.08 Å². The zero-order valence-electron chi connectivity index (χ0n) is 28.0. The molecule has 0 aromatic heterocycles. The SMILES string of the molecule is CCCCCCCSCCCCCCC=C[C@H](C(=O)N[C@@H](Cc1ccc(OCCCC)cc1)C(=O)NC)[C@@](O)(COC)C(=O)O. The third-order valence-corrected chi connectivity index (χ3v) is 8.83. The molecule has 0 unspecified atom stereocenters. The lowest BCUT2D eigenvalue weighted by Gasteiger charge is -2.30. The van der Waals surface area contributed by atoms with Crippen LogP contribution in [-0.4, -0.2) is 78.5 Å². The number of allylic oxidation sites excluding steroid dienone is 1. The Morgan fingerprint density at radius 2 is 1.53 bits per heavy atom. The van der Waals surface area contributed by atoms with Crippen molar-refractivity contribution in [3.05, 3.63) is 42.0 Å². The Hall–Kier alpha value is -2.56. The highest BCUT2D eigenvalue weighted by Crippen LogP contribution is 2.23. The summed E-state index contributed by atoms with van der Waals surface area (Å²) in [6, 6.07) is 6.30. The minimum Gasteiger partial charge on any atom is -0.494 e. The number of carboxylic acid groups (broad SMARTS) is 1. The van der Waals surface area contributed by atoms with E-state index in [1.165, 1.54) is 58.1 Å². The highest BCUT2D eigenvalue weighted by molar-refractivity contribution is 7.99. The summed E-state index contributed by atoms with van der Waals surface area (Å²) in [5, 5.41) is 26.2. The Bertz CT molecular complexity index is 989. The number of methoxy groups -OCH3 is 1. The largest absolute Gasteiger partial charge is 0.494 e. The van der Waals surface area contributed by atoms with Crippen molar-refractivity contribution in [2.45, 2.75) is 109 Å². The van der Waals surface area contributed by atoms with Gasteiger partial charge in [0.2, 0.25) is 11.8 Å². The molecule has 256 valence electrons. The van der Waals surface area contributed by atoms with E-state index in [0.29, 0.717) is 13.0 Å². The van der Waals surface area contributed by atoms with Gasteiger partial charge in [-0.3, -0.25) is 9.59 Å². The van der Waals surface area contributed by atoms with Gasteiger partial charge < -0.3 is 30.3 Å². The maximum Gasteiger partial charge on any atom is 0.339 e. The monoisotopic (exact) mass is 650 g/mol. The number of carbonyl (C=O) groups is 3. The lowest BCUT2D eigenvalue weighted by atomic mass is 9.86. The molecular weight excluding hydrogens is 592 g/mol. The van der Waals surface area contributed by atoms with Crippen molar-refractivity contribution in [3.8, 4) is 5.75 Å². The second-order valence-corrected chi connectivity index (χ2v) is 12.7. The lowest BCUT2D eigenvalue weighted by Crippen LogP contribution is -2.57. The van der Waals surface area contributed by atoms with Crippen molar-refractivity contribution in [3.63, 3.8) is 0 Å². The predicted octanol–water partition coefficient (Wildman–Crippen LogP) is 5.93. The number of unbranched alkanes of at least 4 members (excludes halogenated alkanes) is 9. The number of likely N-dealkylation sites (N-methyl/N-ethyl adjacent to an activating group) is 1. The van der Waals surface area contributed by atoms with E-state index in [0.717, 1.165) is 55.6 Å². The minimum atomic E-state index is -2.51. The van der Waals surface area contributed by atoms with Crippen molar-refractivity contribution < 1.29 is 34.1 Å². The number of rotatable bonds is 27. The summed E-state index contributed by atoms with van der Waals surface area (Å²) in [5.74, 6) is -1.14. The van der Waals surface area contributed by atoms with Crippen LogP contribution in [0.3, 0.4) is 0 Å². The van der Waals surface area contributed by atoms with Gasteiger partial charge in [-0.25, -0.2) is 4.79 Å². The van der Waals surface area contributed by atoms with Gasteiger partial charge in [-0.2, -0.15) is 11.8 Å². The van der Waals surface area contributed by atoms with Gasteiger partial charge >= 0.3 is 5.97 Å². The number of hydrogen-bond acceptors (Lipinski definition) is 7. The number of ether oxygens (including phenoxy) is 2. The molecule has 0 bridgehead atoms. The van der Waals surface area contributed by atoms with Crippen LogP contribution in [0.25, 0.3) is 0 Å². The summed E-state index contributed by atoms with van der Waals surface area (Å²) < 4.78 is 10.7. The van der Waals surface area contributed by atoms with E-state index < -0.39 is 42.0 Å². The maximum absolute atomic E-state index is 13.5. The molecule has 0 fully saturated rings. The molecule has 1 rings (SSSR count). The highest BCUT2D eigenvalue weighted by atomic mass is 32.2. The molecule has 0 heterocycles. The Morgan fingerprint density at radius 1 is 0.911 bits per heavy atom. The molecule has 0 aliphatic carbocycles. The summed E-state index contributed by atoms with van der Waals surface area (Å²) in [5.41, 5.74) is -1.72. The highest BCUT2D eigenvalue weighted by Gasteiger charge is 2.47. The van der Waals surface area contributed by atoms with Gasteiger partial charge in [-0.05, 0) is 61.3 Å². The van der Waals surface area contributed by atoms with Crippen molar-refractivity contribution in [2.75, 3.05) is 38.9 Å². The van der Waals surface area contributed by atoms with Crippen molar-refractivity contribution in [1.82, 2.24) is 10.6 Å². The van der Waals surface area contributed by atoms with Gasteiger partial charge in [0.15, 0.2) is 5.60 Å². The van der Waals surface area contributed by atoms with Crippen LogP contribution in [0.1, 0.15) is 96.5 Å². The number of hydrogen-bond donors (Lipinski definition) is 4. The number of benzene rings is 1. The van der Waals surface area contributed by atoms with Crippen molar-refractivity contribution >= 4 is 29.5 Å². The molecule has 2 amide bonds. The van der Waals surface area contributed by atoms with Crippen molar-refractivity contribution in [1.29, 1.82) is 0 Å². The lowest BCUT2D eigenvalue weighted by molar-refractivity contribution is -0.173. The number of aliphatic carboxylic acids is 1. The number of aliphatic hydroxyl groups is 1. The van der Waals surface area contributed by atoms with Crippen molar-refractivity contribution in [2.24, 2.45) is 5.92 Å². The molecule has 45 heavy (non-hydrogen) atoms. The summed E-state index contributed by atoms with van der Waals surface area (Å²) in [4.78, 5) is 38.4. The standard InChI is InChI=1S/C35H58N2O7S/c1-5-7-9-13-16-24-45-25-17-14-11-10-12-15-18-30(35(42,27-43-4)34(40)41)32(38)37-31(33(39)36-3)26-28-19-21-29(22-20-28)44-23-8-6-2/h15,18-22,30-31,42H,5-14,16-17,23-27H2,1-4H3,(H,36,39)(H,37,38)(H,40,41)/t30-,31+,35+/m1/s1. The van der Waals surface area contributed by atoms with Gasteiger partial charge in [0.25, 0.3) is 0 Å². The van der Waals surface area contributed by atoms with Crippen LogP contribution >= 0.6 is 11.8 Å². The molecule has 9 nitrogen and oxygen atoms in total. The fourth-order valence-corrected chi connectivity index (χ4v) is 5.89. The Balaban J connectivity index is 2.78. The molecule has 1 aromatic carbocycles. The van der Waals surface area contributed by atoms with Gasteiger partial charge in [0.05, 0.1) is 19.1 Å². The van der Waals surface area contributed by atoms with E-state index in [9.17, 15) is 24.6 Å². The fourth-order valence-electron chi connectivity index (χ4n) is 4.87. The quantitative estimate of drug-likeness (QED) is 0.0681. The van der Waals surface area contributed by atoms with Gasteiger partial charge in [0.1, 0.15) is 11.8 Å². The summed E-state index contributed by atoms with van der Waals surface area (Å²) in [6.45, 7) is 4.35. The van der Waals surface area contributed by atoms with Crippen LogP contribution in [0.2, 0.25) is 0 Å². The molecule has 0 aliphatic heterocycles. The van der Waals surface area contributed by atoms with E-state index in [2.05, 4.69) is 24.5 Å². The number of carbonyl (C=O) groups excluding carboxylic acids is 2. The zero-order chi connectivity index (χ0) is 33.3. The molecule has 4 N–H and O–H groups in total. The van der Waals surface area contributed by atoms with E-state index in [1.807, 2.05) is 36.0 Å². The first-order valence-corrected chi connectivity index (χ1v) is 17.8. The third kappa shape index (κ3) is 16.5. The Morgan fingerprint density at radius 3 is 2.11 bits per heavy atom. The number of nitrogens with one attached hydrogen (secondary N) is 2. The van der Waals surface area contributed by atoms with Gasteiger partial charge in [0, 0.05) is 20.6 Å². The maximum atomic E-state index is 13.5. The van der Waals surface area contributed by atoms with Gasteiger partial charge in [-0.15, -0.1) is 0 Å². The van der Waals surface area contributed by atoms with E-state index >= 15 is 0 Å². The first-order valence-electron chi connectivity index (χ1n) is 16.7. The first kappa shape index (κ1) is 40.5. The Kier molecular flexibility index (Phi) is 22.2. The van der Waals surface area contributed by atoms with Crippen LogP contribution in [-0.2, 0) is 25.5 Å². The molecule has 10 heteroatoms. The molecule has 3 atom stereocenters. The topological polar surface area (TPSA) is 134 Å². The van der Waals surface area contributed by atoms with Crippen LogP contribution in [0.5, 0.6) is 5.75 Å².